The van der Waals surface area contributed by atoms with Crippen molar-refractivity contribution in [1.29, 1.82) is 0 Å². The molecule has 0 saturated heterocycles. The summed E-state index contributed by atoms with van der Waals surface area (Å²) in [4.78, 5) is 5.50. The van der Waals surface area contributed by atoms with Gasteiger partial charge in [-0.25, -0.2) is 0 Å². The normalized spacial score (nSPS) is 11.5. The first-order valence-corrected chi connectivity index (χ1v) is 6.29. The lowest BCUT2D eigenvalue weighted by Gasteiger charge is -2.08. The van der Waals surface area contributed by atoms with Crippen molar-refractivity contribution >= 4 is 33.5 Å². The van der Waals surface area contributed by atoms with Crippen molar-refractivity contribution in [3.05, 3.63) is 27.5 Å². The van der Waals surface area contributed by atoms with Gasteiger partial charge in [0.15, 0.2) is 0 Å². The Bertz CT molecular complexity index is 505. The Hall–Kier alpha value is -0.750. The van der Waals surface area contributed by atoms with Crippen LogP contribution in [0.2, 0.25) is 0 Å². The second-order valence-corrected chi connectivity index (χ2v) is 5.28. The molecule has 1 aromatic carbocycles. The number of phenolic OH excluding ortho intramolecular Hbond substituents is 1. The minimum Gasteiger partial charge on any atom is -0.508 e. The second-order valence-electron chi connectivity index (χ2n) is 4.20. The van der Waals surface area contributed by atoms with E-state index in [0.29, 0.717) is 5.75 Å². The van der Waals surface area contributed by atoms with Crippen molar-refractivity contribution in [3.63, 3.8) is 0 Å². The van der Waals surface area contributed by atoms with Gasteiger partial charge in [-0.3, -0.25) is 0 Å². The van der Waals surface area contributed by atoms with E-state index in [4.69, 9.17) is 0 Å². The first-order chi connectivity index (χ1) is 7.58. The maximum absolute atomic E-state index is 9.51. The van der Waals surface area contributed by atoms with E-state index in [9.17, 15) is 5.11 Å². The predicted octanol–water partition coefficient (Wildman–Crippen LogP) is 2.58. The van der Waals surface area contributed by atoms with Gasteiger partial charge >= 0.3 is 0 Å². The van der Waals surface area contributed by atoms with Crippen molar-refractivity contribution in [2.45, 2.75) is 6.42 Å². The van der Waals surface area contributed by atoms with Crippen LogP contribution in [0.1, 0.15) is 5.56 Å². The molecule has 86 valence electrons. The standard InChI is InChI=1S/C12H15IN2O/c1-15(2)6-5-9-10-7-8(16)3-4-11(10)14-12(9)13/h3-4,7,14,16H,5-6H2,1-2H3. The number of rotatable bonds is 3. The molecule has 0 spiro atoms. The molecule has 1 aromatic heterocycles. The van der Waals surface area contributed by atoms with Crippen LogP contribution in [0.15, 0.2) is 18.2 Å². The molecule has 2 N–H and O–H groups in total. The van der Waals surface area contributed by atoms with Crippen molar-refractivity contribution < 1.29 is 5.11 Å². The van der Waals surface area contributed by atoms with Crippen LogP contribution in [0.5, 0.6) is 5.75 Å². The molecule has 0 amide bonds. The number of phenols is 1. The molecule has 0 aliphatic rings. The Labute approximate surface area is 109 Å². The third-order valence-corrected chi connectivity index (χ3v) is 3.57. The number of hydrogen-bond donors (Lipinski definition) is 2. The van der Waals surface area contributed by atoms with Gasteiger partial charge in [-0.15, -0.1) is 0 Å². The van der Waals surface area contributed by atoms with Gasteiger partial charge in [-0.1, -0.05) is 0 Å². The molecular weight excluding hydrogens is 315 g/mol. The summed E-state index contributed by atoms with van der Waals surface area (Å²) in [6, 6.07) is 5.47. The number of hydrogen-bond acceptors (Lipinski definition) is 2. The number of fused-ring (bicyclic) bond motifs is 1. The highest BCUT2D eigenvalue weighted by atomic mass is 127. The zero-order valence-electron chi connectivity index (χ0n) is 9.42. The fourth-order valence-electron chi connectivity index (χ4n) is 1.78. The Morgan fingerprint density at radius 2 is 2.12 bits per heavy atom. The summed E-state index contributed by atoms with van der Waals surface area (Å²) in [5, 5.41) is 10.6. The van der Waals surface area contributed by atoms with E-state index < -0.39 is 0 Å². The molecule has 0 bridgehead atoms. The van der Waals surface area contributed by atoms with Gasteiger partial charge in [0.1, 0.15) is 5.75 Å². The third-order valence-electron chi connectivity index (χ3n) is 2.65. The molecule has 0 fully saturated rings. The van der Waals surface area contributed by atoms with Crippen LogP contribution < -0.4 is 0 Å². The number of aromatic nitrogens is 1. The topological polar surface area (TPSA) is 39.3 Å². The summed E-state index contributed by atoms with van der Waals surface area (Å²) in [5.74, 6) is 0.328. The molecule has 0 aliphatic carbocycles. The minimum absolute atomic E-state index is 0.328. The molecule has 4 heteroatoms. The zero-order chi connectivity index (χ0) is 11.7. The molecule has 3 nitrogen and oxygen atoms in total. The monoisotopic (exact) mass is 330 g/mol. The van der Waals surface area contributed by atoms with Crippen LogP contribution in [0, 0.1) is 3.70 Å². The number of H-pyrrole nitrogens is 1. The Morgan fingerprint density at radius 3 is 2.81 bits per heavy atom. The summed E-state index contributed by atoms with van der Waals surface area (Å²) < 4.78 is 1.17. The van der Waals surface area contributed by atoms with Gasteiger partial charge in [0.2, 0.25) is 0 Å². The number of nitrogens with one attached hydrogen (secondary N) is 1. The highest BCUT2D eigenvalue weighted by Crippen LogP contribution is 2.27. The molecule has 2 aromatic rings. The van der Waals surface area contributed by atoms with Crippen LogP contribution in [0.25, 0.3) is 10.9 Å². The summed E-state index contributed by atoms with van der Waals surface area (Å²) >= 11 is 2.32. The maximum atomic E-state index is 9.51. The van der Waals surface area contributed by atoms with E-state index in [1.807, 2.05) is 12.1 Å². The number of benzene rings is 1. The van der Waals surface area contributed by atoms with E-state index in [-0.39, 0.29) is 0 Å². The van der Waals surface area contributed by atoms with E-state index in [0.717, 1.165) is 23.9 Å². The zero-order valence-corrected chi connectivity index (χ0v) is 11.6. The predicted molar refractivity (Wildman–Crippen MR) is 74.9 cm³/mol. The molecule has 0 radical (unpaired) electrons. The molecule has 1 heterocycles. The van der Waals surface area contributed by atoms with Crippen LogP contribution in [0.3, 0.4) is 0 Å². The largest absolute Gasteiger partial charge is 0.508 e. The minimum atomic E-state index is 0.328. The van der Waals surface area contributed by atoms with Gasteiger partial charge in [-0.05, 0) is 66.9 Å². The van der Waals surface area contributed by atoms with Crippen molar-refractivity contribution in [2.24, 2.45) is 0 Å². The Kier molecular flexibility index (Phi) is 3.39. The molecule has 0 unspecified atom stereocenters. The SMILES string of the molecule is CN(C)CCc1c(I)[nH]c2ccc(O)cc12. The van der Waals surface area contributed by atoms with E-state index in [1.165, 1.54) is 9.26 Å². The van der Waals surface area contributed by atoms with Crippen LogP contribution in [-0.4, -0.2) is 35.6 Å². The quantitative estimate of drug-likeness (QED) is 0.849. The number of aromatic amines is 1. The number of aromatic hydroxyl groups is 1. The van der Waals surface area contributed by atoms with Crippen LogP contribution in [0.4, 0.5) is 0 Å². The summed E-state index contributed by atoms with van der Waals surface area (Å²) in [5.41, 5.74) is 2.39. The average Bonchev–Trinajstić information content (AvgIpc) is 2.51. The second kappa shape index (κ2) is 4.63. The number of halogens is 1. The van der Waals surface area contributed by atoms with E-state index >= 15 is 0 Å². The van der Waals surface area contributed by atoms with Gasteiger partial charge in [0.05, 0.1) is 3.70 Å². The Balaban J connectivity index is 2.42. The number of nitrogens with zero attached hydrogens (tertiary/aromatic N) is 1. The smallest absolute Gasteiger partial charge is 0.116 e. The first-order valence-electron chi connectivity index (χ1n) is 5.21. The van der Waals surface area contributed by atoms with Gasteiger partial charge in [0, 0.05) is 17.4 Å². The first kappa shape index (κ1) is 11.7. The van der Waals surface area contributed by atoms with Crippen molar-refractivity contribution in [3.8, 4) is 5.75 Å². The van der Waals surface area contributed by atoms with Crippen molar-refractivity contribution in [2.75, 3.05) is 20.6 Å². The van der Waals surface area contributed by atoms with Crippen molar-refractivity contribution in [1.82, 2.24) is 9.88 Å². The lowest BCUT2D eigenvalue weighted by Crippen LogP contribution is -2.15. The highest BCUT2D eigenvalue weighted by Gasteiger charge is 2.10. The molecule has 16 heavy (non-hydrogen) atoms. The third kappa shape index (κ3) is 2.32. The Morgan fingerprint density at radius 1 is 1.38 bits per heavy atom. The number of likely N-dealkylation sites (N-methyl/N-ethyl adjacent to an activating group) is 1. The molecule has 0 atom stereocenters. The van der Waals surface area contributed by atoms with Gasteiger partial charge in [0.25, 0.3) is 0 Å². The van der Waals surface area contributed by atoms with Gasteiger partial charge < -0.3 is 15.0 Å². The maximum Gasteiger partial charge on any atom is 0.116 e. The van der Waals surface area contributed by atoms with Gasteiger partial charge in [-0.2, -0.15) is 0 Å². The van der Waals surface area contributed by atoms with Crippen LogP contribution in [-0.2, 0) is 6.42 Å². The van der Waals surface area contributed by atoms with Crippen LogP contribution >= 0.6 is 22.6 Å². The molecule has 0 saturated carbocycles. The lowest BCUT2D eigenvalue weighted by molar-refractivity contribution is 0.414. The molecule has 2 rings (SSSR count). The van der Waals surface area contributed by atoms with E-state index in [2.05, 4.69) is 46.6 Å². The molecule has 0 aliphatic heterocycles. The summed E-state index contributed by atoms with van der Waals surface area (Å²) in [7, 11) is 4.14. The fourth-order valence-corrected chi connectivity index (χ4v) is 2.63. The summed E-state index contributed by atoms with van der Waals surface area (Å²) in [6.07, 6.45) is 0.995. The fraction of sp³-hybridized carbons (Fsp3) is 0.333. The van der Waals surface area contributed by atoms with E-state index in [1.54, 1.807) is 6.07 Å². The highest BCUT2D eigenvalue weighted by molar-refractivity contribution is 14.1. The summed E-state index contributed by atoms with van der Waals surface area (Å²) in [6.45, 7) is 1.01. The molecular formula is C12H15IN2O. The average molecular weight is 330 g/mol. The lowest BCUT2D eigenvalue weighted by atomic mass is 10.1.